The summed E-state index contributed by atoms with van der Waals surface area (Å²) in [7, 11) is 0. The van der Waals surface area contributed by atoms with Crippen molar-refractivity contribution in [3.05, 3.63) is 34.1 Å². The summed E-state index contributed by atoms with van der Waals surface area (Å²) in [4.78, 5) is 12.1. The molecule has 0 fully saturated rings. The molecule has 0 saturated heterocycles. The third-order valence-electron chi connectivity index (χ3n) is 2.76. The van der Waals surface area contributed by atoms with E-state index in [2.05, 4.69) is 21.2 Å². The molecule has 0 heterocycles. The predicted octanol–water partition coefficient (Wildman–Crippen LogP) is 3.94. The Morgan fingerprint density at radius 1 is 1.44 bits per heavy atom. The number of nitrogens with one attached hydrogen (secondary N) is 1. The number of amides is 1. The van der Waals surface area contributed by atoms with Crippen LogP contribution in [0.15, 0.2) is 22.7 Å². The molecule has 1 rings (SSSR count). The summed E-state index contributed by atoms with van der Waals surface area (Å²) in [5.74, 6) is -0.769. The van der Waals surface area contributed by atoms with Crippen molar-refractivity contribution in [3.8, 4) is 0 Å². The maximum atomic E-state index is 13.6. The fourth-order valence-corrected chi connectivity index (χ4v) is 2.72. The number of rotatable bonds is 5. The first-order valence-electron chi connectivity index (χ1n) is 5.38. The number of carbonyl (C=O) groups excluding carboxylic acids is 1. The Morgan fingerprint density at radius 2 is 2.06 bits per heavy atom. The third kappa shape index (κ3) is 3.37. The molecule has 0 unspecified atom stereocenters. The maximum Gasteiger partial charge on any atom is 0.255 e. The first-order chi connectivity index (χ1) is 8.49. The molecule has 0 radical (unpaired) electrons. The van der Waals surface area contributed by atoms with Gasteiger partial charge in [-0.25, -0.2) is 4.39 Å². The summed E-state index contributed by atoms with van der Waals surface area (Å²) >= 11 is 14.8. The van der Waals surface area contributed by atoms with E-state index in [-0.39, 0.29) is 17.3 Å². The number of benzene rings is 1. The highest BCUT2D eigenvalue weighted by atomic mass is 79.9. The van der Waals surface area contributed by atoms with E-state index in [1.165, 1.54) is 12.1 Å². The normalized spacial score (nSPS) is 11.4. The summed E-state index contributed by atoms with van der Waals surface area (Å²) in [6.45, 7) is 1.86. The van der Waals surface area contributed by atoms with Crippen molar-refractivity contribution in [2.75, 3.05) is 11.8 Å². The molecule has 1 amide bonds. The summed E-state index contributed by atoms with van der Waals surface area (Å²) in [6, 6.07) is 4.36. The number of halogens is 4. The molecular formula is C12H13BrCl2FNO. The standard InChI is InChI=1S/C12H13BrCl2FNO/c1-2-12(6-14,7-15)17-11(18)10-8(13)4-3-5-9(10)16/h3-5H,2,6-7H2,1H3,(H,17,18). The van der Waals surface area contributed by atoms with Gasteiger partial charge in [0.2, 0.25) is 0 Å². The van der Waals surface area contributed by atoms with Gasteiger partial charge in [-0.1, -0.05) is 13.0 Å². The molecular weight excluding hydrogens is 344 g/mol. The topological polar surface area (TPSA) is 29.1 Å². The zero-order valence-electron chi connectivity index (χ0n) is 9.77. The molecule has 6 heteroatoms. The largest absolute Gasteiger partial charge is 0.344 e. The lowest BCUT2D eigenvalue weighted by molar-refractivity contribution is 0.0908. The molecule has 100 valence electrons. The highest BCUT2D eigenvalue weighted by Gasteiger charge is 2.30. The second-order valence-corrected chi connectivity index (χ2v) is 5.34. The van der Waals surface area contributed by atoms with Gasteiger partial charge in [-0.05, 0) is 34.5 Å². The molecule has 2 nitrogen and oxygen atoms in total. The third-order valence-corrected chi connectivity index (χ3v) is 4.44. The van der Waals surface area contributed by atoms with Gasteiger partial charge in [-0.3, -0.25) is 4.79 Å². The molecule has 0 aliphatic heterocycles. The van der Waals surface area contributed by atoms with Gasteiger partial charge in [0.1, 0.15) is 5.82 Å². The lowest BCUT2D eigenvalue weighted by Gasteiger charge is -2.29. The van der Waals surface area contributed by atoms with Crippen LogP contribution in [0.1, 0.15) is 23.7 Å². The summed E-state index contributed by atoms with van der Waals surface area (Å²) in [5.41, 5.74) is -0.757. The Balaban J connectivity index is 3.02. The molecule has 18 heavy (non-hydrogen) atoms. The van der Waals surface area contributed by atoms with Crippen LogP contribution < -0.4 is 5.32 Å². The van der Waals surface area contributed by atoms with Crippen LogP contribution in [-0.4, -0.2) is 23.2 Å². The molecule has 0 aromatic heterocycles. The van der Waals surface area contributed by atoms with Crippen LogP contribution in [0.4, 0.5) is 4.39 Å². The van der Waals surface area contributed by atoms with Gasteiger partial charge >= 0.3 is 0 Å². The Kier molecular flexibility index (Phi) is 5.89. The van der Waals surface area contributed by atoms with Gasteiger partial charge in [0, 0.05) is 16.2 Å². The van der Waals surface area contributed by atoms with Crippen LogP contribution in [-0.2, 0) is 0 Å². The number of hydrogen-bond acceptors (Lipinski definition) is 1. The molecule has 1 aromatic rings. The van der Waals surface area contributed by atoms with E-state index in [1.807, 2.05) is 6.92 Å². The van der Waals surface area contributed by atoms with E-state index < -0.39 is 17.3 Å². The maximum absolute atomic E-state index is 13.6. The van der Waals surface area contributed by atoms with Crippen LogP contribution >= 0.6 is 39.1 Å². The number of carbonyl (C=O) groups is 1. The average Bonchev–Trinajstić information content (AvgIpc) is 2.36. The smallest absolute Gasteiger partial charge is 0.255 e. The molecule has 0 spiro atoms. The van der Waals surface area contributed by atoms with Crippen LogP contribution in [0.2, 0.25) is 0 Å². The molecule has 1 aromatic carbocycles. The summed E-state index contributed by atoms with van der Waals surface area (Å²) in [6.07, 6.45) is 0.567. The fourth-order valence-electron chi connectivity index (χ4n) is 1.40. The van der Waals surface area contributed by atoms with Gasteiger partial charge in [0.15, 0.2) is 0 Å². The molecule has 0 bridgehead atoms. The van der Waals surface area contributed by atoms with E-state index >= 15 is 0 Å². The quantitative estimate of drug-likeness (QED) is 0.795. The fraction of sp³-hybridized carbons (Fsp3) is 0.417. The van der Waals surface area contributed by atoms with Gasteiger partial charge in [-0.2, -0.15) is 0 Å². The minimum absolute atomic E-state index is 0.0365. The molecule has 0 atom stereocenters. The number of alkyl halides is 2. The van der Waals surface area contributed by atoms with Crippen molar-refractivity contribution < 1.29 is 9.18 Å². The summed E-state index contributed by atoms with van der Waals surface area (Å²) in [5, 5.41) is 2.70. The molecule has 0 aliphatic rings. The number of hydrogen-bond donors (Lipinski definition) is 1. The van der Waals surface area contributed by atoms with Crippen molar-refractivity contribution in [3.63, 3.8) is 0 Å². The average molecular weight is 357 g/mol. The Morgan fingerprint density at radius 3 is 2.50 bits per heavy atom. The Labute approximate surface area is 124 Å². The SMILES string of the molecule is CCC(CCl)(CCl)NC(=O)c1c(F)cccc1Br. The zero-order valence-corrected chi connectivity index (χ0v) is 12.9. The van der Waals surface area contributed by atoms with E-state index in [1.54, 1.807) is 6.07 Å². The van der Waals surface area contributed by atoms with Crippen molar-refractivity contribution in [2.45, 2.75) is 18.9 Å². The Bertz CT molecular complexity index is 410. The van der Waals surface area contributed by atoms with E-state index in [0.717, 1.165) is 0 Å². The highest BCUT2D eigenvalue weighted by Crippen LogP contribution is 2.22. The van der Waals surface area contributed by atoms with Gasteiger partial charge < -0.3 is 5.32 Å². The van der Waals surface area contributed by atoms with Crippen molar-refractivity contribution in [2.24, 2.45) is 0 Å². The van der Waals surface area contributed by atoms with Crippen LogP contribution in [0.3, 0.4) is 0 Å². The minimum Gasteiger partial charge on any atom is -0.344 e. The molecule has 0 saturated carbocycles. The van der Waals surface area contributed by atoms with Crippen LogP contribution in [0.25, 0.3) is 0 Å². The van der Waals surface area contributed by atoms with Crippen LogP contribution in [0, 0.1) is 5.82 Å². The second kappa shape index (κ2) is 6.73. The van der Waals surface area contributed by atoms with Crippen molar-refractivity contribution in [1.29, 1.82) is 0 Å². The van der Waals surface area contributed by atoms with Gasteiger partial charge in [0.05, 0.1) is 11.1 Å². The predicted molar refractivity (Wildman–Crippen MR) is 76.0 cm³/mol. The van der Waals surface area contributed by atoms with E-state index in [9.17, 15) is 9.18 Å². The first-order valence-corrected chi connectivity index (χ1v) is 7.24. The van der Waals surface area contributed by atoms with E-state index in [0.29, 0.717) is 10.9 Å². The van der Waals surface area contributed by atoms with Crippen molar-refractivity contribution in [1.82, 2.24) is 5.32 Å². The highest BCUT2D eigenvalue weighted by molar-refractivity contribution is 9.10. The minimum atomic E-state index is -0.720. The van der Waals surface area contributed by atoms with Gasteiger partial charge in [0.25, 0.3) is 5.91 Å². The zero-order chi connectivity index (χ0) is 13.8. The summed E-state index contributed by atoms with van der Waals surface area (Å²) < 4.78 is 14.0. The van der Waals surface area contributed by atoms with Crippen LogP contribution in [0.5, 0.6) is 0 Å². The molecule has 0 aliphatic carbocycles. The lowest BCUT2D eigenvalue weighted by atomic mass is 10.0. The molecule has 1 N–H and O–H groups in total. The van der Waals surface area contributed by atoms with E-state index in [4.69, 9.17) is 23.2 Å². The second-order valence-electron chi connectivity index (χ2n) is 3.95. The van der Waals surface area contributed by atoms with Gasteiger partial charge in [-0.15, -0.1) is 23.2 Å². The monoisotopic (exact) mass is 355 g/mol. The Hall–Kier alpha value is -0.320. The first kappa shape index (κ1) is 15.7. The lowest BCUT2D eigenvalue weighted by Crippen LogP contribution is -2.51. The van der Waals surface area contributed by atoms with Crippen molar-refractivity contribution >= 4 is 45.0 Å².